The van der Waals surface area contributed by atoms with Gasteiger partial charge in [0, 0.05) is 25.9 Å². The van der Waals surface area contributed by atoms with Gasteiger partial charge >= 0.3 is 0 Å². The van der Waals surface area contributed by atoms with Gasteiger partial charge in [-0.2, -0.15) is 5.10 Å². The Morgan fingerprint density at radius 2 is 2.33 bits per heavy atom. The molecular weight excluding hydrogens is 156 g/mol. The van der Waals surface area contributed by atoms with Crippen molar-refractivity contribution in [3.63, 3.8) is 0 Å². The molecule has 4 nitrogen and oxygen atoms in total. The SMILES string of the molecule is COC(C)C(O)c1cnn(C)c1. The summed E-state index contributed by atoms with van der Waals surface area (Å²) in [5, 5.41) is 13.6. The Kier molecular flexibility index (Phi) is 2.83. The maximum absolute atomic E-state index is 9.62. The minimum absolute atomic E-state index is 0.200. The number of aliphatic hydroxyl groups excluding tert-OH is 1. The molecule has 0 fully saturated rings. The number of aryl methyl sites for hydroxylation is 1. The van der Waals surface area contributed by atoms with Crippen molar-refractivity contribution in [1.82, 2.24) is 9.78 Å². The number of hydrogen-bond acceptors (Lipinski definition) is 3. The number of methoxy groups -OCH3 is 1. The number of rotatable bonds is 3. The molecule has 0 spiro atoms. The summed E-state index contributed by atoms with van der Waals surface area (Å²) in [5.41, 5.74) is 0.784. The van der Waals surface area contributed by atoms with E-state index < -0.39 is 6.10 Å². The van der Waals surface area contributed by atoms with Gasteiger partial charge in [-0.15, -0.1) is 0 Å². The van der Waals surface area contributed by atoms with Gasteiger partial charge in [-0.05, 0) is 6.92 Å². The third-order valence-electron chi connectivity index (χ3n) is 1.88. The topological polar surface area (TPSA) is 47.3 Å². The zero-order chi connectivity index (χ0) is 9.14. The minimum Gasteiger partial charge on any atom is -0.386 e. The first-order valence-corrected chi connectivity index (χ1v) is 3.84. The van der Waals surface area contributed by atoms with E-state index in [4.69, 9.17) is 4.74 Å². The summed E-state index contributed by atoms with van der Waals surface area (Å²) in [7, 11) is 3.39. The Labute approximate surface area is 71.8 Å². The maximum atomic E-state index is 9.62. The van der Waals surface area contributed by atoms with Crippen LogP contribution in [0.3, 0.4) is 0 Å². The fraction of sp³-hybridized carbons (Fsp3) is 0.625. The first-order valence-electron chi connectivity index (χ1n) is 3.84. The van der Waals surface area contributed by atoms with Crippen LogP contribution < -0.4 is 0 Å². The first kappa shape index (κ1) is 9.22. The second-order valence-electron chi connectivity index (χ2n) is 2.83. The summed E-state index contributed by atoms with van der Waals surface area (Å²) in [6.07, 6.45) is 2.62. The molecule has 4 heteroatoms. The van der Waals surface area contributed by atoms with Crippen molar-refractivity contribution in [2.75, 3.05) is 7.11 Å². The summed E-state index contributed by atoms with van der Waals surface area (Å²) in [6, 6.07) is 0. The standard InChI is InChI=1S/C8H14N2O2/c1-6(12-3)8(11)7-4-9-10(2)5-7/h4-6,8,11H,1-3H3. The van der Waals surface area contributed by atoms with Crippen molar-refractivity contribution in [2.24, 2.45) is 7.05 Å². The fourth-order valence-electron chi connectivity index (χ4n) is 0.993. The highest BCUT2D eigenvalue weighted by molar-refractivity contribution is 5.08. The van der Waals surface area contributed by atoms with E-state index in [-0.39, 0.29) is 6.10 Å². The zero-order valence-corrected chi connectivity index (χ0v) is 7.56. The van der Waals surface area contributed by atoms with Crippen LogP contribution in [0, 0.1) is 0 Å². The summed E-state index contributed by atoms with van der Waals surface area (Å²) in [6.45, 7) is 1.82. The highest BCUT2D eigenvalue weighted by Gasteiger charge is 2.16. The largest absolute Gasteiger partial charge is 0.386 e. The Hall–Kier alpha value is -0.870. The lowest BCUT2D eigenvalue weighted by molar-refractivity contribution is -0.00145. The van der Waals surface area contributed by atoms with Gasteiger partial charge in [0.05, 0.1) is 12.3 Å². The molecule has 0 amide bonds. The Morgan fingerprint density at radius 1 is 1.67 bits per heavy atom. The van der Waals surface area contributed by atoms with Crippen molar-refractivity contribution < 1.29 is 9.84 Å². The molecule has 1 heterocycles. The summed E-state index contributed by atoms with van der Waals surface area (Å²) >= 11 is 0. The molecule has 1 N–H and O–H groups in total. The van der Waals surface area contributed by atoms with Crippen molar-refractivity contribution in [2.45, 2.75) is 19.1 Å². The molecule has 1 aromatic heterocycles. The van der Waals surface area contributed by atoms with E-state index in [0.717, 1.165) is 5.56 Å². The van der Waals surface area contributed by atoms with Gasteiger partial charge in [0.25, 0.3) is 0 Å². The highest BCUT2D eigenvalue weighted by Crippen LogP contribution is 2.16. The van der Waals surface area contributed by atoms with Gasteiger partial charge in [-0.25, -0.2) is 0 Å². The zero-order valence-electron chi connectivity index (χ0n) is 7.56. The number of ether oxygens (including phenoxy) is 1. The molecule has 68 valence electrons. The van der Waals surface area contributed by atoms with E-state index in [2.05, 4.69) is 5.10 Å². The normalized spacial score (nSPS) is 16.0. The first-order chi connectivity index (χ1) is 5.65. The van der Waals surface area contributed by atoms with Crippen LogP contribution in [0.5, 0.6) is 0 Å². The second kappa shape index (κ2) is 3.69. The summed E-state index contributed by atoms with van der Waals surface area (Å²) in [5.74, 6) is 0. The molecule has 0 saturated heterocycles. The van der Waals surface area contributed by atoms with Crippen LogP contribution in [0.15, 0.2) is 12.4 Å². The minimum atomic E-state index is -0.594. The fourth-order valence-corrected chi connectivity index (χ4v) is 0.993. The number of aliphatic hydroxyl groups is 1. The van der Waals surface area contributed by atoms with Crippen LogP contribution in [0.25, 0.3) is 0 Å². The average Bonchev–Trinajstić information content (AvgIpc) is 2.49. The van der Waals surface area contributed by atoms with Crippen LogP contribution in [-0.2, 0) is 11.8 Å². The van der Waals surface area contributed by atoms with E-state index in [1.54, 1.807) is 24.2 Å². The smallest absolute Gasteiger partial charge is 0.108 e. The molecule has 0 radical (unpaired) electrons. The van der Waals surface area contributed by atoms with E-state index in [1.807, 2.05) is 14.0 Å². The van der Waals surface area contributed by atoms with Crippen LogP contribution in [-0.4, -0.2) is 28.1 Å². The molecule has 0 aliphatic rings. The molecule has 2 unspecified atom stereocenters. The monoisotopic (exact) mass is 170 g/mol. The van der Waals surface area contributed by atoms with Gasteiger partial charge in [0.1, 0.15) is 6.10 Å². The third kappa shape index (κ3) is 1.84. The van der Waals surface area contributed by atoms with E-state index >= 15 is 0 Å². The molecule has 0 aliphatic carbocycles. The van der Waals surface area contributed by atoms with Crippen LogP contribution in [0.2, 0.25) is 0 Å². The third-order valence-corrected chi connectivity index (χ3v) is 1.88. The average molecular weight is 170 g/mol. The quantitative estimate of drug-likeness (QED) is 0.718. The molecule has 12 heavy (non-hydrogen) atoms. The van der Waals surface area contributed by atoms with Gasteiger partial charge in [0.15, 0.2) is 0 Å². The van der Waals surface area contributed by atoms with Gasteiger partial charge in [-0.1, -0.05) is 0 Å². The van der Waals surface area contributed by atoms with Crippen LogP contribution in [0.1, 0.15) is 18.6 Å². The molecule has 2 atom stereocenters. The molecule has 0 saturated carbocycles. The van der Waals surface area contributed by atoms with Gasteiger partial charge in [0.2, 0.25) is 0 Å². The Bertz CT molecular complexity index is 247. The predicted octanol–water partition coefficient (Wildman–Crippen LogP) is 0.488. The van der Waals surface area contributed by atoms with Crippen molar-refractivity contribution in [1.29, 1.82) is 0 Å². The van der Waals surface area contributed by atoms with Crippen LogP contribution in [0.4, 0.5) is 0 Å². The number of aromatic nitrogens is 2. The second-order valence-corrected chi connectivity index (χ2v) is 2.83. The summed E-state index contributed by atoms with van der Waals surface area (Å²) < 4.78 is 6.64. The van der Waals surface area contributed by atoms with E-state index in [0.29, 0.717) is 0 Å². The van der Waals surface area contributed by atoms with Crippen molar-refractivity contribution >= 4 is 0 Å². The Morgan fingerprint density at radius 3 is 2.75 bits per heavy atom. The van der Waals surface area contributed by atoms with Crippen molar-refractivity contribution in [3.05, 3.63) is 18.0 Å². The predicted molar refractivity (Wildman–Crippen MR) is 44.6 cm³/mol. The maximum Gasteiger partial charge on any atom is 0.108 e. The van der Waals surface area contributed by atoms with Gasteiger partial charge < -0.3 is 9.84 Å². The number of nitrogens with zero attached hydrogens (tertiary/aromatic N) is 2. The molecule has 1 rings (SSSR count). The lowest BCUT2D eigenvalue weighted by Gasteiger charge is -2.15. The van der Waals surface area contributed by atoms with E-state index in [9.17, 15) is 5.11 Å². The molecule has 0 aromatic carbocycles. The Balaban J connectivity index is 2.70. The lowest BCUT2D eigenvalue weighted by Crippen LogP contribution is -2.16. The number of hydrogen-bond donors (Lipinski definition) is 1. The van der Waals surface area contributed by atoms with Crippen molar-refractivity contribution in [3.8, 4) is 0 Å². The van der Waals surface area contributed by atoms with Crippen LogP contribution >= 0.6 is 0 Å². The van der Waals surface area contributed by atoms with E-state index in [1.165, 1.54) is 0 Å². The molecular formula is C8H14N2O2. The lowest BCUT2D eigenvalue weighted by atomic mass is 10.1. The molecule has 0 aliphatic heterocycles. The molecule has 0 bridgehead atoms. The van der Waals surface area contributed by atoms with Gasteiger partial charge in [-0.3, -0.25) is 4.68 Å². The molecule has 1 aromatic rings. The summed E-state index contributed by atoms with van der Waals surface area (Å²) in [4.78, 5) is 0. The highest BCUT2D eigenvalue weighted by atomic mass is 16.5.